The highest BCUT2D eigenvalue weighted by Crippen LogP contribution is 2.12. The van der Waals surface area contributed by atoms with E-state index in [1.807, 2.05) is 0 Å². The minimum Gasteiger partial charge on any atom is -0.379 e. The maximum Gasteiger partial charge on any atom is 0.208 e. The molecule has 0 aromatic carbocycles. The van der Waals surface area contributed by atoms with Crippen molar-refractivity contribution in [1.82, 2.24) is 20.3 Å². The fraction of sp³-hybridized carbons (Fsp3) is 0.938. The first-order chi connectivity index (χ1) is 11.8. The summed E-state index contributed by atoms with van der Waals surface area (Å²) in [7, 11) is -1.37. The third kappa shape index (κ3) is 10.6. The van der Waals surface area contributed by atoms with Crippen LogP contribution in [0, 0.1) is 5.92 Å². The van der Waals surface area contributed by atoms with Crippen LogP contribution >= 0.6 is 0 Å². The predicted molar refractivity (Wildman–Crippen MR) is 102 cm³/mol. The fourth-order valence-electron chi connectivity index (χ4n) is 2.84. The van der Waals surface area contributed by atoms with Gasteiger partial charge in [-0.1, -0.05) is 13.8 Å². The van der Waals surface area contributed by atoms with Crippen LogP contribution in [0.4, 0.5) is 0 Å². The minimum atomic E-state index is -3.12. The SMILES string of the molecule is CN=C(NCCCNS(C)(=O)=O)NCC(CC(C)C)N1CCOCC1. The molecule has 1 rings (SSSR count). The van der Waals surface area contributed by atoms with Gasteiger partial charge in [0.25, 0.3) is 0 Å². The highest BCUT2D eigenvalue weighted by molar-refractivity contribution is 7.88. The number of sulfonamides is 1. The van der Waals surface area contributed by atoms with Gasteiger partial charge in [0.2, 0.25) is 10.0 Å². The lowest BCUT2D eigenvalue weighted by molar-refractivity contribution is 0.0132. The predicted octanol–water partition coefficient (Wildman–Crippen LogP) is -0.162. The van der Waals surface area contributed by atoms with Gasteiger partial charge in [0.05, 0.1) is 19.5 Å². The molecule has 0 bridgehead atoms. The number of ether oxygens (including phenoxy) is 1. The van der Waals surface area contributed by atoms with Gasteiger partial charge in [0.1, 0.15) is 0 Å². The molecule has 1 aliphatic rings. The number of nitrogens with one attached hydrogen (secondary N) is 3. The summed E-state index contributed by atoms with van der Waals surface area (Å²) >= 11 is 0. The first-order valence-corrected chi connectivity index (χ1v) is 10.9. The van der Waals surface area contributed by atoms with E-state index in [0.717, 1.165) is 45.2 Å². The van der Waals surface area contributed by atoms with Crippen molar-refractivity contribution in [2.24, 2.45) is 10.9 Å². The van der Waals surface area contributed by atoms with Crippen LogP contribution in [-0.2, 0) is 14.8 Å². The molecule has 0 amide bonds. The quantitative estimate of drug-likeness (QED) is 0.278. The second-order valence-corrected chi connectivity index (χ2v) is 8.66. The number of rotatable bonds is 10. The average Bonchev–Trinajstić information content (AvgIpc) is 2.55. The molecule has 8 nitrogen and oxygen atoms in total. The second-order valence-electron chi connectivity index (χ2n) is 6.83. The van der Waals surface area contributed by atoms with Gasteiger partial charge < -0.3 is 15.4 Å². The van der Waals surface area contributed by atoms with Crippen LogP contribution in [0.1, 0.15) is 26.7 Å². The van der Waals surface area contributed by atoms with Crippen LogP contribution in [0.25, 0.3) is 0 Å². The molecule has 1 fully saturated rings. The Balaban J connectivity index is 2.36. The summed E-state index contributed by atoms with van der Waals surface area (Å²) in [5.41, 5.74) is 0. The molecule has 0 aromatic heterocycles. The maximum atomic E-state index is 11.0. The topological polar surface area (TPSA) is 95.1 Å². The molecule has 1 saturated heterocycles. The largest absolute Gasteiger partial charge is 0.379 e. The Kier molecular flexibility index (Phi) is 10.3. The molecule has 0 spiro atoms. The monoisotopic (exact) mass is 377 g/mol. The molecule has 1 atom stereocenters. The van der Waals surface area contributed by atoms with Crippen molar-refractivity contribution in [2.75, 3.05) is 59.2 Å². The van der Waals surface area contributed by atoms with E-state index >= 15 is 0 Å². The van der Waals surface area contributed by atoms with Gasteiger partial charge in [-0.25, -0.2) is 13.1 Å². The molecule has 0 aliphatic carbocycles. The molecule has 1 unspecified atom stereocenters. The second kappa shape index (κ2) is 11.7. The highest BCUT2D eigenvalue weighted by atomic mass is 32.2. The van der Waals surface area contributed by atoms with Crippen LogP contribution < -0.4 is 15.4 Å². The Morgan fingerprint density at radius 2 is 1.88 bits per heavy atom. The maximum absolute atomic E-state index is 11.0. The number of hydrogen-bond acceptors (Lipinski definition) is 5. The van der Waals surface area contributed by atoms with Gasteiger partial charge in [-0.05, 0) is 18.8 Å². The van der Waals surface area contributed by atoms with Gasteiger partial charge in [-0.3, -0.25) is 9.89 Å². The normalized spacial score (nSPS) is 18.4. The fourth-order valence-corrected chi connectivity index (χ4v) is 3.35. The van der Waals surface area contributed by atoms with Crippen LogP contribution in [0.5, 0.6) is 0 Å². The van der Waals surface area contributed by atoms with Crippen molar-refractivity contribution < 1.29 is 13.2 Å². The Hall–Kier alpha value is -0.900. The Labute approximate surface area is 152 Å². The zero-order valence-corrected chi connectivity index (χ0v) is 16.9. The van der Waals surface area contributed by atoms with Crippen molar-refractivity contribution in [1.29, 1.82) is 0 Å². The smallest absolute Gasteiger partial charge is 0.208 e. The summed E-state index contributed by atoms with van der Waals surface area (Å²) in [6, 6.07) is 0.453. The summed E-state index contributed by atoms with van der Waals surface area (Å²) in [4.78, 5) is 6.73. The van der Waals surface area contributed by atoms with E-state index in [0.29, 0.717) is 31.5 Å². The van der Waals surface area contributed by atoms with E-state index < -0.39 is 10.0 Å². The van der Waals surface area contributed by atoms with Crippen LogP contribution in [0.2, 0.25) is 0 Å². The number of hydrogen-bond donors (Lipinski definition) is 3. The van der Waals surface area contributed by atoms with Crippen LogP contribution in [-0.4, -0.2) is 84.6 Å². The number of guanidine groups is 1. The first-order valence-electron chi connectivity index (χ1n) is 9.02. The molecule has 0 saturated carbocycles. The van der Waals surface area contributed by atoms with E-state index in [2.05, 4.69) is 39.1 Å². The third-order valence-electron chi connectivity index (χ3n) is 4.04. The van der Waals surface area contributed by atoms with Gasteiger partial charge in [0.15, 0.2) is 5.96 Å². The van der Waals surface area contributed by atoms with Gasteiger partial charge in [-0.15, -0.1) is 0 Å². The van der Waals surface area contributed by atoms with Gasteiger partial charge in [0, 0.05) is 45.8 Å². The van der Waals surface area contributed by atoms with Crippen molar-refractivity contribution in [3.05, 3.63) is 0 Å². The van der Waals surface area contributed by atoms with Crippen molar-refractivity contribution in [2.45, 2.75) is 32.7 Å². The van der Waals surface area contributed by atoms with Crippen molar-refractivity contribution in [3.8, 4) is 0 Å². The molecular weight excluding hydrogens is 342 g/mol. The summed E-state index contributed by atoms with van der Waals surface area (Å²) < 4.78 is 30.0. The number of aliphatic imine (C=N–C) groups is 1. The standard InChI is InChI=1S/C16H35N5O3S/c1-14(2)12-15(21-8-10-24-11-9-21)13-19-16(17-3)18-6-5-7-20-25(4,22)23/h14-15,20H,5-13H2,1-4H3,(H2,17,18,19). The lowest BCUT2D eigenvalue weighted by Gasteiger charge is -2.35. The molecule has 1 heterocycles. The van der Waals surface area contributed by atoms with Gasteiger partial charge >= 0.3 is 0 Å². The zero-order chi connectivity index (χ0) is 18.7. The lowest BCUT2D eigenvalue weighted by atomic mass is 10.0. The molecule has 148 valence electrons. The van der Waals surface area contributed by atoms with E-state index in [4.69, 9.17) is 4.74 Å². The van der Waals surface area contributed by atoms with E-state index in [9.17, 15) is 8.42 Å². The third-order valence-corrected chi connectivity index (χ3v) is 4.77. The number of nitrogens with zero attached hydrogens (tertiary/aromatic N) is 2. The summed E-state index contributed by atoms with van der Waals surface area (Å²) in [5, 5.41) is 6.63. The highest BCUT2D eigenvalue weighted by Gasteiger charge is 2.22. The summed E-state index contributed by atoms with van der Waals surface area (Å²) in [6.07, 6.45) is 3.00. The Morgan fingerprint density at radius 3 is 2.44 bits per heavy atom. The Bertz CT molecular complexity index is 490. The van der Waals surface area contributed by atoms with Crippen LogP contribution in [0.3, 0.4) is 0 Å². The van der Waals surface area contributed by atoms with Crippen molar-refractivity contribution in [3.63, 3.8) is 0 Å². The molecule has 9 heteroatoms. The van der Waals surface area contributed by atoms with Crippen LogP contribution in [0.15, 0.2) is 4.99 Å². The molecule has 0 aromatic rings. The zero-order valence-electron chi connectivity index (χ0n) is 16.0. The summed E-state index contributed by atoms with van der Waals surface area (Å²) in [6.45, 7) is 9.96. The van der Waals surface area contributed by atoms with E-state index in [1.165, 1.54) is 6.26 Å². The van der Waals surface area contributed by atoms with Crippen molar-refractivity contribution >= 4 is 16.0 Å². The molecule has 0 radical (unpaired) electrons. The summed E-state index contributed by atoms with van der Waals surface area (Å²) in [5.74, 6) is 1.38. The minimum absolute atomic E-state index is 0.423. The molecule has 3 N–H and O–H groups in total. The molecule has 25 heavy (non-hydrogen) atoms. The molecule has 1 aliphatic heterocycles. The van der Waals surface area contributed by atoms with E-state index in [-0.39, 0.29) is 0 Å². The lowest BCUT2D eigenvalue weighted by Crippen LogP contribution is -2.51. The van der Waals surface area contributed by atoms with E-state index in [1.54, 1.807) is 7.05 Å². The average molecular weight is 378 g/mol. The molecular formula is C16H35N5O3S. The first kappa shape index (κ1) is 22.1. The number of morpholine rings is 1. The Morgan fingerprint density at radius 1 is 1.20 bits per heavy atom. The van der Waals surface area contributed by atoms with Gasteiger partial charge in [-0.2, -0.15) is 0 Å².